The SMILES string of the molecule is Cc1nnsc1C(=O)N(C)C(C)(C)CC(=O)O. The summed E-state index contributed by atoms with van der Waals surface area (Å²) >= 11 is 1.02. The molecule has 0 atom stereocenters. The van der Waals surface area contributed by atoms with Crippen molar-refractivity contribution in [2.24, 2.45) is 0 Å². The summed E-state index contributed by atoms with van der Waals surface area (Å²) in [5.41, 5.74) is -0.183. The summed E-state index contributed by atoms with van der Waals surface area (Å²) in [6.45, 7) is 5.13. The molecule has 1 heterocycles. The first-order valence-corrected chi connectivity index (χ1v) is 5.82. The van der Waals surface area contributed by atoms with Gasteiger partial charge in [-0.25, -0.2) is 0 Å². The minimum absolute atomic E-state index is 0.111. The predicted octanol–water partition coefficient (Wildman–Crippen LogP) is 1.17. The van der Waals surface area contributed by atoms with Gasteiger partial charge in [-0.15, -0.1) is 5.10 Å². The van der Waals surface area contributed by atoms with Crippen molar-refractivity contribution in [3.63, 3.8) is 0 Å². The van der Waals surface area contributed by atoms with Crippen molar-refractivity contribution in [2.75, 3.05) is 7.05 Å². The van der Waals surface area contributed by atoms with Crippen molar-refractivity contribution >= 4 is 23.4 Å². The first-order chi connectivity index (χ1) is 7.75. The van der Waals surface area contributed by atoms with E-state index in [9.17, 15) is 9.59 Å². The van der Waals surface area contributed by atoms with Crippen molar-refractivity contribution in [3.8, 4) is 0 Å². The van der Waals surface area contributed by atoms with Crippen molar-refractivity contribution < 1.29 is 14.7 Å². The first kappa shape index (κ1) is 13.6. The Hall–Kier alpha value is -1.50. The third kappa shape index (κ3) is 3.00. The summed E-state index contributed by atoms with van der Waals surface area (Å²) in [4.78, 5) is 24.7. The van der Waals surface area contributed by atoms with Crippen LogP contribution in [0.25, 0.3) is 0 Å². The fourth-order valence-corrected chi connectivity index (χ4v) is 1.98. The molecule has 1 aromatic heterocycles. The zero-order chi connectivity index (χ0) is 13.2. The minimum atomic E-state index is -0.936. The second kappa shape index (κ2) is 4.79. The number of aliphatic carboxylic acids is 1. The Balaban J connectivity index is 2.90. The first-order valence-electron chi connectivity index (χ1n) is 5.04. The molecule has 94 valence electrons. The summed E-state index contributed by atoms with van der Waals surface area (Å²) < 4.78 is 3.70. The molecule has 0 aliphatic rings. The van der Waals surface area contributed by atoms with Gasteiger partial charge in [0, 0.05) is 12.6 Å². The lowest BCUT2D eigenvalue weighted by molar-refractivity contribution is -0.139. The van der Waals surface area contributed by atoms with Gasteiger partial charge in [-0.1, -0.05) is 4.49 Å². The molecule has 6 nitrogen and oxygen atoms in total. The molecular weight excluding hydrogens is 242 g/mol. The molecule has 7 heteroatoms. The Labute approximate surface area is 103 Å². The zero-order valence-electron chi connectivity index (χ0n) is 10.2. The second-order valence-corrected chi connectivity index (χ2v) is 5.19. The van der Waals surface area contributed by atoms with Gasteiger partial charge in [0.1, 0.15) is 4.88 Å². The minimum Gasteiger partial charge on any atom is -0.481 e. The van der Waals surface area contributed by atoms with E-state index in [0.717, 1.165) is 11.5 Å². The van der Waals surface area contributed by atoms with E-state index in [1.165, 1.54) is 4.90 Å². The van der Waals surface area contributed by atoms with Gasteiger partial charge in [-0.05, 0) is 32.3 Å². The van der Waals surface area contributed by atoms with Crippen molar-refractivity contribution in [2.45, 2.75) is 32.7 Å². The Morgan fingerprint density at radius 2 is 2.06 bits per heavy atom. The fraction of sp³-hybridized carbons (Fsp3) is 0.600. The van der Waals surface area contributed by atoms with Crippen LogP contribution in [0.15, 0.2) is 0 Å². The van der Waals surface area contributed by atoms with E-state index < -0.39 is 11.5 Å². The molecule has 1 rings (SSSR count). The number of amides is 1. The molecule has 1 aromatic rings. The lowest BCUT2D eigenvalue weighted by atomic mass is 9.98. The fourth-order valence-electron chi connectivity index (χ4n) is 1.34. The average molecular weight is 257 g/mol. The monoisotopic (exact) mass is 257 g/mol. The smallest absolute Gasteiger partial charge is 0.305 e. The Kier molecular flexibility index (Phi) is 3.82. The van der Waals surface area contributed by atoms with Gasteiger partial charge in [0.25, 0.3) is 5.91 Å². The topological polar surface area (TPSA) is 83.4 Å². The number of rotatable bonds is 4. The van der Waals surface area contributed by atoms with Crippen molar-refractivity contribution in [1.82, 2.24) is 14.5 Å². The lowest BCUT2D eigenvalue weighted by Gasteiger charge is -2.34. The normalized spacial score (nSPS) is 11.3. The maximum absolute atomic E-state index is 12.1. The highest BCUT2D eigenvalue weighted by atomic mass is 32.1. The van der Waals surface area contributed by atoms with Gasteiger partial charge in [0.2, 0.25) is 0 Å². The maximum atomic E-state index is 12.1. The van der Waals surface area contributed by atoms with Crippen LogP contribution in [-0.2, 0) is 4.79 Å². The highest BCUT2D eigenvalue weighted by Crippen LogP contribution is 2.21. The van der Waals surface area contributed by atoms with Gasteiger partial charge in [-0.2, -0.15) is 0 Å². The van der Waals surface area contributed by atoms with Crippen LogP contribution in [0.4, 0.5) is 0 Å². The molecule has 0 aliphatic carbocycles. The third-order valence-corrected chi connectivity index (χ3v) is 3.46. The summed E-state index contributed by atoms with van der Waals surface area (Å²) in [6, 6.07) is 0. The van der Waals surface area contributed by atoms with Crippen LogP contribution in [-0.4, -0.2) is 44.1 Å². The molecule has 0 unspecified atom stereocenters. The molecule has 0 saturated heterocycles. The van der Waals surface area contributed by atoms with Crippen LogP contribution in [0.2, 0.25) is 0 Å². The van der Waals surface area contributed by atoms with Crippen LogP contribution < -0.4 is 0 Å². The molecule has 0 radical (unpaired) electrons. The molecule has 0 aromatic carbocycles. The van der Waals surface area contributed by atoms with Gasteiger partial charge < -0.3 is 10.0 Å². The highest BCUT2D eigenvalue weighted by molar-refractivity contribution is 7.07. The van der Waals surface area contributed by atoms with E-state index in [1.54, 1.807) is 27.8 Å². The number of aryl methyl sites for hydroxylation is 1. The Morgan fingerprint density at radius 3 is 2.47 bits per heavy atom. The molecule has 0 bridgehead atoms. The standard InChI is InChI=1S/C10H15N3O3S/c1-6-8(17-12-11-6)9(16)13(4)10(2,3)5-7(14)15/h5H2,1-4H3,(H,14,15). The number of nitrogens with zero attached hydrogens (tertiary/aromatic N) is 3. The van der Waals surface area contributed by atoms with Gasteiger partial charge >= 0.3 is 5.97 Å². The van der Waals surface area contributed by atoms with E-state index in [-0.39, 0.29) is 12.3 Å². The molecular formula is C10H15N3O3S. The number of hydrogen-bond acceptors (Lipinski definition) is 5. The maximum Gasteiger partial charge on any atom is 0.305 e. The zero-order valence-corrected chi connectivity index (χ0v) is 11.0. The van der Waals surface area contributed by atoms with Crippen LogP contribution >= 0.6 is 11.5 Å². The molecule has 1 amide bonds. The molecule has 0 saturated carbocycles. The van der Waals surface area contributed by atoms with Crippen molar-refractivity contribution in [1.29, 1.82) is 0 Å². The summed E-state index contributed by atoms with van der Waals surface area (Å²) in [7, 11) is 1.59. The van der Waals surface area contributed by atoms with Gasteiger partial charge in [-0.3, -0.25) is 9.59 Å². The summed E-state index contributed by atoms with van der Waals surface area (Å²) in [5, 5.41) is 12.6. The Bertz CT molecular complexity index is 442. The van der Waals surface area contributed by atoms with Crippen LogP contribution in [0.5, 0.6) is 0 Å². The summed E-state index contributed by atoms with van der Waals surface area (Å²) in [6.07, 6.45) is -0.111. The number of aromatic nitrogens is 2. The average Bonchev–Trinajstić information content (AvgIpc) is 2.60. The van der Waals surface area contributed by atoms with E-state index in [1.807, 2.05) is 0 Å². The number of carboxylic acids is 1. The number of carbonyl (C=O) groups is 2. The molecule has 0 fully saturated rings. The number of carboxylic acid groups (broad SMARTS) is 1. The van der Waals surface area contributed by atoms with Crippen LogP contribution in [0.1, 0.15) is 35.6 Å². The van der Waals surface area contributed by atoms with E-state index >= 15 is 0 Å². The van der Waals surface area contributed by atoms with Crippen LogP contribution in [0.3, 0.4) is 0 Å². The molecule has 0 aliphatic heterocycles. The summed E-state index contributed by atoms with van der Waals surface area (Å²) in [5.74, 6) is -1.18. The second-order valence-electron chi connectivity index (χ2n) is 4.43. The predicted molar refractivity (Wildman–Crippen MR) is 63.1 cm³/mol. The third-order valence-electron chi connectivity index (χ3n) is 2.64. The van der Waals surface area contributed by atoms with E-state index in [2.05, 4.69) is 9.59 Å². The van der Waals surface area contributed by atoms with Gasteiger partial charge in [0.15, 0.2) is 0 Å². The van der Waals surface area contributed by atoms with E-state index in [0.29, 0.717) is 10.6 Å². The van der Waals surface area contributed by atoms with Gasteiger partial charge in [0.05, 0.1) is 12.1 Å². The van der Waals surface area contributed by atoms with Crippen molar-refractivity contribution in [3.05, 3.63) is 10.6 Å². The van der Waals surface area contributed by atoms with E-state index in [4.69, 9.17) is 5.11 Å². The van der Waals surface area contributed by atoms with Crippen LogP contribution in [0, 0.1) is 6.92 Å². The number of carbonyl (C=O) groups excluding carboxylic acids is 1. The lowest BCUT2D eigenvalue weighted by Crippen LogP contribution is -2.46. The molecule has 0 spiro atoms. The number of hydrogen-bond donors (Lipinski definition) is 1. The largest absolute Gasteiger partial charge is 0.481 e. The highest BCUT2D eigenvalue weighted by Gasteiger charge is 2.32. The quantitative estimate of drug-likeness (QED) is 0.875. The molecule has 1 N–H and O–H groups in total. The molecule has 17 heavy (non-hydrogen) atoms. The Morgan fingerprint density at radius 1 is 1.47 bits per heavy atom.